The van der Waals surface area contributed by atoms with E-state index in [0.29, 0.717) is 15.8 Å². The first-order chi connectivity index (χ1) is 7.00. The van der Waals surface area contributed by atoms with Crippen molar-refractivity contribution in [2.24, 2.45) is 0 Å². The summed E-state index contributed by atoms with van der Waals surface area (Å²) in [5.41, 5.74) is 0. The van der Waals surface area contributed by atoms with E-state index in [1.807, 2.05) is 14.1 Å². The molecule has 1 aromatic rings. The van der Waals surface area contributed by atoms with Crippen molar-refractivity contribution >= 4 is 34.2 Å². The van der Waals surface area contributed by atoms with Crippen LogP contribution < -0.4 is 0 Å². The van der Waals surface area contributed by atoms with Crippen LogP contribution in [0, 0.1) is 10.1 Å². The van der Waals surface area contributed by atoms with Crippen molar-refractivity contribution in [1.82, 2.24) is 4.90 Å². The van der Waals surface area contributed by atoms with E-state index in [2.05, 4.69) is 0 Å². The van der Waals surface area contributed by atoms with Crippen molar-refractivity contribution in [3.05, 3.63) is 28.0 Å². The fourth-order valence-corrected chi connectivity index (χ4v) is 1.66. The highest BCUT2D eigenvalue weighted by Crippen LogP contribution is 2.21. The number of thioether (sulfide) groups is 1. The fourth-order valence-electron chi connectivity index (χ4n) is 0.804. The molecule has 0 bridgehead atoms. The maximum atomic E-state index is 10.3. The Kier molecular flexibility index (Phi) is 4.10. The molecule has 0 amide bonds. The van der Waals surface area contributed by atoms with Crippen LogP contribution in [0.2, 0.25) is 0 Å². The quantitative estimate of drug-likeness (QED) is 0.463. The molecule has 0 saturated heterocycles. The SMILES string of the molecule is CN(C)C(=S)SCc1ccc([N+](=O)[O-])o1. The topological polar surface area (TPSA) is 59.5 Å². The smallest absolute Gasteiger partial charge is 0.405 e. The largest absolute Gasteiger partial charge is 0.433 e. The third-order valence-corrected chi connectivity index (χ3v) is 3.29. The Morgan fingerprint density at radius 1 is 1.67 bits per heavy atom. The summed E-state index contributed by atoms with van der Waals surface area (Å²) in [6.07, 6.45) is 0. The summed E-state index contributed by atoms with van der Waals surface area (Å²) < 4.78 is 5.69. The van der Waals surface area contributed by atoms with Crippen molar-refractivity contribution in [2.75, 3.05) is 14.1 Å². The maximum absolute atomic E-state index is 10.3. The van der Waals surface area contributed by atoms with E-state index >= 15 is 0 Å². The van der Waals surface area contributed by atoms with E-state index in [4.69, 9.17) is 16.6 Å². The summed E-state index contributed by atoms with van der Waals surface area (Å²) in [5, 5.41) is 10.3. The Bertz CT molecular complexity index is 376. The van der Waals surface area contributed by atoms with Crippen molar-refractivity contribution in [3.8, 4) is 0 Å². The fraction of sp³-hybridized carbons (Fsp3) is 0.375. The van der Waals surface area contributed by atoms with Crippen molar-refractivity contribution < 1.29 is 9.34 Å². The number of thiocarbonyl (C=S) groups is 1. The molecule has 0 atom stereocenters. The monoisotopic (exact) mass is 246 g/mol. The predicted octanol–water partition coefficient (Wildman–Crippen LogP) is 2.27. The van der Waals surface area contributed by atoms with Crippen LogP contribution in [-0.4, -0.2) is 28.2 Å². The van der Waals surface area contributed by atoms with Gasteiger partial charge in [-0.1, -0.05) is 24.0 Å². The second-order valence-corrected chi connectivity index (χ2v) is 4.56. The van der Waals surface area contributed by atoms with E-state index in [-0.39, 0.29) is 5.88 Å². The van der Waals surface area contributed by atoms with Gasteiger partial charge in [0, 0.05) is 14.1 Å². The molecule has 1 aromatic heterocycles. The summed E-state index contributed by atoms with van der Waals surface area (Å²) >= 11 is 6.45. The molecular weight excluding hydrogens is 236 g/mol. The summed E-state index contributed by atoms with van der Waals surface area (Å²) in [6, 6.07) is 2.93. The van der Waals surface area contributed by atoms with Gasteiger partial charge in [0.1, 0.15) is 15.0 Å². The van der Waals surface area contributed by atoms with Crippen LogP contribution in [0.1, 0.15) is 5.76 Å². The van der Waals surface area contributed by atoms with Gasteiger partial charge >= 0.3 is 5.88 Å². The molecule has 0 aliphatic carbocycles. The highest BCUT2D eigenvalue weighted by molar-refractivity contribution is 8.22. The van der Waals surface area contributed by atoms with E-state index < -0.39 is 4.92 Å². The molecule has 0 aliphatic heterocycles. The lowest BCUT2D eigenvalue weighted by molar-refractivity contribution is -0.402. The second kappa shape index (κ2) is 5.13. The van der Waals surface area contributed by atoms with Crippen molar-refractivity contribution in [1.29, 1.82) is 0 Å². The minimum atomic E-state index is -0.557. The van der Waals surface area contributed by atoms with Gasteiger partial charge in [-0.05, 0) is 6.07 Å². The van der Waals surface area contributed by atoms with Gasteiger partial charge in [0.05, 0.1) is 11.8 Å². The van der Waals surface area contributed by atoms with Gasteiger partial charge in [-0.3, -0.25) is 10.1 Å². The zero-order valence-corrected chi connectivity index (χ0v) is 9.93. The minimum Gasteiger partial charge on any atom is -0.405 e. The number of hydrogen-bond acceptors (Lipinski definition) is 5. The van der Waals surface area contributed by atoms with E-state index in [9.17, 15) is 10.1 Å². The van der Waals surface area contributed by atoms with E-state index in [1.54, 1.807) is 11.0 Å². The zero-order valence-electron chi connectivity index (χ0n) is 8.30. The molecule has 0 fully saturated rings. The highest BCUT2D eigenvalue weighted by Gasteiger charge is 2.12. The van der Waals surface area contributed by atoms with E-state index in [0.717, 1.165) is 0 Å². The number of hydrogen-bond donors (Lipinski definition) is 0. The third-order valence-electron chi connectivity index (χ3n) is 1.53. The lowest BCUT2D eigenvalue weighted by Gasteiger charge is -2.11. The van der Waals surface area contributed by atoms with Crippen LogP contribution >= 0.6 is 24.0 Å². The zero-order chi connectivity index (χ0) is 11.4. The summed E-state index contributed by atoms with van der Waals surface area (Å²) in [7, 11) is 3.69. The summed E-state index contributed by atoms with van der Waals surface area (Å²) in [5.74, 6) is 0.822. The van der Waals surface area contributed by atoms with Crippen LogP contribution in [0.15, 0.2) is 16.5 Å². The first kappa shape index (κ1) is 12.0. The Morgan fingerprint density at radius 2 is 2.33 bits per heavy atom. The number of furan rings is 1. The Labute approximate surface area is 96.6 Å². The molecule has 0 N–H and O–H groups in total. The molecule has 1 rings (SSSR count). The molecule has 0 aromatic carbocycles. The average molecular weight is 246 g/mol. The molecule has 7 heteroatoms. The van der Waals surface area contributed by atoms with Crippen molar-refractivity contribution in [3.63, 3.8) is 0 Å². The molecule has 0 spiro atoms. The maximum Gasteiger partial charge on any atom is 0.433 e. The Hall–Kier alpha value is -1.08. The van der Waals surface area contributed by atoms with Crippen LogP contribution in [-0.2, 0) is 5.75 Å². The molecule has 0 aliphatic rings. The van der Waals surface area contributed by atoms with Crippen molar-refractivity contribution in [2.45, 2.75) is 5.75 Å². The predicted molar refractivity (Wildman–Crippen MR) is 62.9 cm³/mol. The van der Waals surface area contributed by atoms with Crippen LogP contribution in [0.5, 0.6) is 0 Å². The minimum absolute atomic E-state index is 0.235. The van der Waals surface area contributed by atoms with Gasteiger partial charge < -0.3 is 9.32 Å². The molecule has 0 saturated carbocycles. The highest BCUT2D eigenvalue weighted by atomic mass is 32.2. The molecule has 5 nitrogen and oxygen atoms in total. The standard InChI is InChI=1S/C8H10N2O3S2/c1-9(2)8(14)15-5-6-3-4-7(13-6)10(11)12/h3-4H,5H2,1-2H3. The van der Waals surface area contributed by atoms with E-state index in [1.165, 1.54) is 17.8 Å². The number of nitro groups is 1. The van der Waals surface area contributed by atoms with Gasteiger partial charge in [0.15, 0.2) is 0 Å². The lowest BCUT2D eigenvalue weighted by atomic mass is 10.5. The number of rotatable bonds is 3. The summed E-state index contributed by atoms with van der Waals surface area (Å²) in [6.45, 7) is 0. The van der Waals surface area contributed by atoms with Gasteiger partial charge in [-0.15, -0.1) is 0 Å². The Balaban J connectivity index is 2.51. The van der Waals surface area contributed by atoms with Crippen LogP contribution in [0.25, 0.3) is 0 Å². The Morgan fingerprint density at radius 3 is 2.80 bits per heavy atom. The molecule has 15 heavy (non-hydrogen) atoms. The molecule has 0 unspecified atom stereocenters. The third kappa shape index (κ3) is 3.52. The second-order valence-electron chi connectivity index (χ2n) is 2.95. The number of nitrogens with zero attached hydrogens (tertiary/aromatic N) is 2. The molecule has 82 valence electrons. The lowest BCUT2D eigenvalue weighted by Crippen LogP contribution is -2.15. The molecule has 1 heterocycles. The normalized spacial score (nSPS) is 10.0. The van der Waals surface area contributed by atoms with Gasteiger partial charge in [-0.25, -0.2) is 0 Å². The first-order valence-corrected chi connectivity index (χ1v) is 5.47. The van der Waals surface area contributed by atoms with Crippen LogP contribution in [0.4, 0.5) is 5.88 Å². The first-order valence-electron chi connectivity index (χ1n) is 4.08. The summed E-state index contributed by atoms with van der Waals surface area (Å²) in [4.78, 5) is 11.6. The molecular formula is C8H10N2O3S2. The van der Waals surface area contributed by atoms with Gasteiger partial charge in [0.25, 0.3) is 0 Å². The van der Waals surface area contributed by atoms with Gasteiger partial charge in [-0.2, -0.15) is 0 Å². The molecule has 0 radical (unpaired) electrons. The average Bonchev–Trinajstić information content (AvgIpc) is 2.62. The van der Waals surface area contributed by atoms with Crippen LogP contribution in [0.3, 0.4) is 0 Å². The van der Waals surface area contributed by atoms with Gasteiger partial charge in [0.2, 0.25) is 0 Å².